The lowest BCUT2D eigenvalue weighted by Crippen LogP contribution is -2.16. The van der Waals surface area contributed by atoms with Crippen LogP contribution in [-0.2, 0) is 4.79 Å². The minimum absolute atomic E-state index is 0.122. The zero-order chi connectivity index (χ0) is 22.1. The average Bonchev–Trinajstić information content (AvgIpc) is 3.05. The second kappa shape index (κ2) is 8.78. The Balaban J connectivity index is 1.61. The molecule has 0 radical (unpaired) electrons. The van der Waals surface area contributed by atoms with Crippen LogP contribution >= 0.6 is 35.3 Å². The first kappa shape index (κ1) is 21.5. The summed E-state index contributed by atoms with van der Waals surface area (Å²) < 4.78 is 2.84. The predicted molar refractivity (Wildman–Crippen MR) is 130 cm³/mol. The topological polar surface area (TPSA) is 79.8 Å². The van der Waals surface area contributed by atoms with Crippen molar-refractivity contribution in [2.75, 3.05) is 11.1 Å². The van der Waals surface area contributed by atoms with Crippen molar-refractivity contribution in [2.24, 2.45) is 0 Å². The van der Waals surface area contributed by atoms with Crippen LogP contribution in [0.15, 0.2) is 52.4 Å². The maximum absolute atomic E-state index is 12.6. The van der Waals surface area contributed by atoms with E-state index in [1.807, 2.05) is 67.8 Å². The Morgan fingerprint density at radius 2 is 1.97 bits per heavy atom. The molecule has 0 saturated carbocycles. The van der Waals surface area contributed by atoms with E-state index in [0.29, 0.717) is 19.5 Å². The van der Waals surface area contributed by atoms with Crippen LogP contribution in [0.25, 0.3) is 16.0 Å². The molecule has 4 rings (SSSR count). The molecule has 158 valence electrons. The zero-order valence-corrected chi connectivity index (χ0v) is 19.6. The van der Waals surface area contributed by atoms with Crippen LogP contribution < -0.4 is 10.9 Å². The van der Waals surface area contributed by atoms with Gasteiger partial charge in [0.05, 0.1) is 11.4 Å². The fourth-order valence-corrected chi connectivity index (χ4v) is 5.18. The Hall–Kier alpha value is -2.75. The number of anilines is 1. The maximum atomic E-state index is 12.6. The molecule has 0 spiro atoms. The van der Waals surface area contributed by atoms with Crippen molar-refractivity contribution < 1.29 is 4.79 Å². The van der Waals surface area contributed by atoms with E-state index in [4.69, 9.17) is 12.2 Å². The summed E-state index contributed by atoms with van der Waals surface area (Å²) in [4.78, 5) is 32.5. The molecule has 31 heavy (non-hydrogen) atoms. The van der Waals surface area contributed by atoms with Crippen molar-refractivity contribution in [3.63, 3.8) is 0 Å². The Labute approximate surface area is 192 Å². The molecule has 4 aromatic rings. The van der Waals surface area contributed by atoms with Crippen LogP contribution in [0.5, 0.6) is 0 Å². The number of nitrogens with zero attached hydrogens (tertiary/aromatic N) is 2. The van der Waals surface area contributed by atoms with Crippen molar-refractivity contribution in [1.29, 1.82) is 0 Å². The van der Waals surface area contributed by atoms with Crippen LogP contribution in [0.1, 0.15) is 16.7 Å². The van der Waals surface area contributed by atoms with Crippen LogP contribution in [0, 0.1) is 24.7 Å². The van der Waals surface area contributed by atoms with Crippen LogP contribution in [0.2, 0.25) is 0 Å². The summed E-state index contributed by atoms with van der Waals surface area (Å²) >= 11 is 7.93. The monoisotopic (exact) mass is 468 g/mol. The highest BCUT2D eigenvalue weighted by Crippen LogP contribution is 2.26. The number of thiazole rings is 1. The standard InChI is InChI=1S/C22H20N4O2S3/c1-12-8-9-15(14(3)10-12)23-17(27)11-30-21-24-19-18(20(28)25-21)31-22(29)26(19)16-7-5-4-6-13(16)2/h4-10H,11H2,1-3H3,(H,23,27)(H,24,25,28). The van der Waals surface area contributed by atoms with Crippen LogP contribution in [0.3, 0.4) is 0 Å². The average molecular weight is 469 g/mol. The van der Waals surface area contributed by atoms with Crippen molar-refractivity contribution in [2.45, 2.75) is 25.9 Å². The fraction of sp³-hybridized carbons (Fsp3) is 0.182. The van der Waals surface area contributed by atoms with Gasteiger partial charge in [-0.2, -0.15) is 0 Å². The molecule has 0 bridgehead atoms. The number of benzene rings is 2. The van der Waals surface area contributed by atoms with Gasteiger partial charge < -0.3 is 10.3 Å². The van der Waals surface area contributed by atoms with Crippen LogP contribution in [-0.4, -0.2) is 26.2 Å². The Morgan fingerprint density at radius 1 is 1.19 bits per heavy atom. The molecule has 0 aliphatic carbocycles. The quantitative estimate of drug-likeness (QED) is 0.240. The minimum Gasteiger partial charge on any atom is -0.325 e. The van der Waals surface area contributed by atoms with Gasteiger partial charge in [0, 0.05) is 5.69 Å². The van der Waals surface area contributed by atoms with E-state index in [1.165, 1.54) is 23.1 Å². The number of carbonyl (C=O) groups excluding carboxylic acids is 1. The van der Waals surface area contributed by atoms with E-state index >= 15 is 0 Å². The van der Waals surface area contributed by atoms with Crippen molar-refractivity contribution in [3.05, 3.63) is 73.5 Å². The third kappa shape index (κ3) is 4.48. The largest absolute Gasteiger partial charge is 0.325 e. The summed E-state index contributed by atoms with van der Waals surface area (Å²) in [6.45, 7) is 5.95. The van der Waals surface area contributed by atoms with Gasteiger partial charge in [0.1, 0.15) is 4.70 Å². The first-order valence-corrected chi connectivity index (χ1v) is 11.8. The van der Waals surface area contributed by atoms with Gasteiger partial charge in [0.25, 0.3) is 5.56 Å². The number of nitrogens with one attached hydrogen (secondary N) is 2. The molecule has 0 aliphatic rings. The SMILES string of the molecule is Cc1ccc(NC(=O)CSc2nc3c(sc(=S)n3-c3ccccc3C)c(=O)[nH]2)c(C)c1. The third-order valence-electron chi connectivity index (χ3n) is 4.77. The number of H-pyrrole nitrogens is 1. The van der Waals surface area contributed by atoms with Gasteiger partial charge in [-0.3, -0.25) is 14.2 Å². The maximum Gasteiger partial charge on any atom is 0.271 e. The van der Waals surface area contributed by atoms with E-state index in [9.17, 15) is 9.59 Å². The number of rotatable bonds is 5. The highest BCUT2D eigenvalue weighted by Gasteiger charge is 2.15. The van der Waals surface area contributed by atoms with E-state index in [1.54, 1.807) is 0 Å². The van der Waals surface area contributed by atoms with Gasteiger partial charge in [0.2, 0.25) is 5.91 Å². The summed E-state index contributed by atoms with van der Waals surface area (Å²) in [7, 11) is 0. The van der Waals surface area contributed by atoms with Crippen molar-refractivity contribution >= 4 is 57.3 Å². The second-order valence-electron chi connectivity index (χ2n) is 7.17. The molecule has 6 nitrogen and oxygen atoms in total. The molecule has 0 saturated heterocycles. The lowest BCUT2D eigenvalue weighted by molar-refractivity contribution is -0.113. The number of thioether (sulfide) groups is 1. The predicted octanol–water partition coefficient (Wildman–Crippen LogP) is 5.16. The molecule has 0 fully saturated rings. The van der Waals surface area contributed by atoms with E-state index in [0.717, 1.165) is 28.1 Å². The Morgan fingerprint density at radius 3 is 2.71 bits per heavy atom. The Kier molecular flexibility index (Phi) is 6.08. The molecule has 0 atom stereocenters. The van der Waals surface area contributed by atoms with E-state index in [-0.39, 0.29) is 17.2 Å². The molecule has 0 unspecified atom stereocenters. The van der Waals surface area contributed by atoms with Gasteiger partial charge in [0.15, 0.2) is 14.8 Å². The number of aryl methyl sites for hydroxylation is 3. The number of carbonyl (C=O) groups is 1. The molecule has 0 aliphatic heterocycles. The van der Waals surface area contributed by atoms with Gasteiger partial charge in [-0.1, -0.05) is 59.0 Å². The normalized spacial score (nSPS) is 11.1. The van der Waals surface area contributed by atoms with Crippen molar-refractivity contribution in [1.82, 2.24) is 14.5 Å². The summed E-state index contributed by atoms with van der Waals surface area (Å²) in [6.07, 6.45) is 0. The van der Waals surface area contributed by atoms with Gasteiger partial charge in [-0.25, -0.2) is 4.98 Å². The van der Waals surface area contributed by atoms with Gasteiger partial charge >= 0.3 is 0 Å². The third-order valence-corrected chi connectivity index (χ3v) is 7.01. The molecule has 2 aromatic heterocycles. The molecule has 2 heterocycles. The summed E-state index contributed by atoms with van der Waals surface area (Å²) in [5, 5.41) is 3.29. The number of amides is 1. The second-order valence-corrected chi connectivity index (χ2v) is 9.78. The summed E-state index contributed by atoms with van der Waals surface area (Å²) in [5.41, 5.74) is 5.08. The number of aromatic amines is 1. The number of hydrogen-bond acceptors (Lipinski definition) is 6. The molecule has 1 amide bonds. The first-order chi connectivity index (χ1) is 14.8. The zero-order valence-electron chi connectivity index (χ0n) is 17.2. The molecule has 2 N–H and O–H groups in total. The fourth-order valence-electron chi connectivity index (χ4n) is 3.26. The number of aromatic nitrogens is 3. The van der Waals surface area contributed by atoms with Gasteiger partial charge in [-0.05, 0) is 56.2 Å². The molecule has 9 heteroatoms. The first-order valence-electron chi connectivity index (χ1n) is 9.55. The summed E-state index contributed by atoms with van der Waals surface area (Å²) in [5.74, 6) is -0.0439. The number of para-hydroxylation sites is 1. The highest BCUT2D eigenvalue weighted by atomic mass is 32.2. The number of hydrogen-bond donors (Lipinski definition) is 2. The smallest absolute Gasteiger partial charge is 0.271 e. The van der Waals surface area contributed by atoms with Crippen molar-refractivity contribution in [3.8, 4) is 5.69 Å². The molecular formula is C22H20N4O2S3. The van der Waals surface area contributed by atoms with Crippen LogP contribution in [0.4, 0.5) is 5.69 Å². The molecular weight excluding hydrogens is 448 g/mol. The number of fused-ring (bicyclic) bond motifs is 1. The van der Waals surface area contributed by atoms with Gasteiger partial charge in [-0.15, -0.1) is 0 Å². The molecule has 2 aromatic carbocycles. The lowest BCUT2D eigenvalue weighted by atomic mass is 10.1. The van der Waals surface area contributed by atoms with E-state index in [2.05, 4.69) is 15.3 Å². The van der Waals surface area contributed by atoms with E-state index < -0.39 is 0 Å². The Bertz CT molecular complexity index is 1420. The lowest BCUT2D eigenvalue weighted by Gasteiger charge is -2.09. The highest BCUT2D eigenvalue weighted by molar-refractivity contribution is 7.99. The minimum atomic E-state index is -0.259. The summed E-state index contributed by atoms with van der Waals surface area (Å²) in [6, 6.07) is 13.7.